The van der Waals surface area contributed by atoms with Gasteiger partial charge in [0, 0.05) is 0 Å². The quantitative estimate of drug-likeness (QED) is 0.899. The van der Waals surface area contributed by atoms with E-state index in [9.17, 15) is 9.18 Å². The van der Waals surface area contributed by atoms with Gasteiger partial charge in [-0.1, -0.05) is 12.1 Å². The van der Waals surface area contributed by atoms with Gasteiger partial charge in [-0.15, -0.1) is 12.4 Å². The van der Waals surface area contributed by atoms with E-state index in [4.69, 9.17) is 0 Å². The van der Waals surface area contributed by atoms with Crippen molar-refractivity contribution in [2.45, 2.75) is 51.6 Å². The fraction of sp³-hybridized carbons (Fsp3) is 0.562. The standard InChI is InChI=1S/C16H23FN2O.ClH/c1-11-6-7-13(10-14(11)17)12(2)19-15(20)16(3)8-4-5-9-18-16;/h6-7,10,12,18H,4-5,8-9H2,1-3H3,(H,19,20);1H. The average Bonchev–Trinajstić information content (AvgIpc) is 2.42. The molecule has 0 bridgehead atoms. The Kier molecular flexibility index (Phi) is 6.17. The predicted molar refractivity (Wildman–Crippen MR) is 85.2 cm³/mol. The van der Waals surface area contributed by atoms with Gasteiger partial charge in [-0.3, -0.25) is 4.79 Å². The third-order valence-corrected chi connectivity index (χ3v) is 4.16. The second-order valence-corrected chi connectivity index (χ2v) is 5.92. The van der Waals surface area contributed by atoms with E-state index in [1.165, 1.54) is 6.07 Å². The average molecular weight is 315 g/mol. The SMILES string of the molecule is Cc1ccc(C(C)NC(=O)C2(C)CCCCN2)cc1F.Cl. The fourth-order valence-corrected chi connectivity index (χ4v) is 2.57. The summed E-state index contributed by atoms with van der Waals surface area (Å²) >= 11 is 0. The molecular weight excluding hydrogens is 291 g/mol. The molecule has 2 rings (SSSR count). The second kappa shape index (κ2) is 7.23. The number of nitrogens with one attached hydrogen (secondary N) is 2. The number of benzene rings is 1. The van der Waals surface area contributed by atoms with Crippen LogP contribution in [0.1, 0.15) is 50.3 Å². The number of hydrogen-bond acceptors (Lipinski definition) is 2. The van der Waals surface area contributed by atoms with Crippen LogP contribution in [0.5, 0.6) is 0 Å². The summed E-state index contributed by atoms with van der Waals surface area (Å²) in [5, 5.41) is 6.27. The minimum Gasteiger partial charge on any atom is -0.348 e. The molecule has 21 heavy (non-hydrogen) atoms. The summed E-state index contributed by atoms with van der Waals surface area (Å²) in [7, 11) is 0. The minimum atomic E-state index is -0.504. The van der Waals surface area contributed by atoms with Crippen LogP contribution in [0, 0.1) is 12.7 Å². The van der Waals surface area contributed by atoms with Crippen molar-refractivity contribution >= 4 is 18.3 Å². The summed E-state index contributed by atoms with van der Waals surface area (Å²) in [4.78, 5) is 12.4. The predicted octanol–water partition coefficient (Wildman–Crippen LogP) is 3.27. The van der Waals surface area contributed by atoms with Crippen molar-refractivity contribution in [1.29, 1.82) is 0 Å². The number of carbonyl (C=O) groups is 1. The first-order chi connectivity index (χ1) is 9.42. The van der Waals surface area contributed by atoms with Gasteiger partial charge in [0.05, 0.1) is 11.6 Å². The number of hydrogen-bond donors (Lipinski definition) is 2. The lowest BCUT2D eigenvalue weighted by atomic mass is 9.89. The number of halogens is 2. The van der Waals surface area contributed by atoms with Gasteiger partial charge in [0.2, 0.25) is 5.91 Å². The van der Waals surface area contributed by atoms with Gasteiger partial charge >= 0.3 is 0 Å². The fourth-order valence-electron chi connectivity index (χ4n) is 2.57. The van der Waals surface area contributed by atoms with Crippen molar-refractivity contribution < 1.29 is 9.18 Å². The molecule has 1 aromatic rings. The van der Waals surface area contributed by atoms with E-state index >= 15 is 0 Å². The summed E-state index contributed by atoms with van der Waals surface area (Å²) in [5.41, 5.74) is 0.907. The van der Waals surface area contributed by atoms with Crippen molar-refractivity contribution in [3.63, 3.8) is 0 Å². The highest BCUT2D eigenvalue weighted by Gasteiger charge is 2.34. The van der Waals surface area contributed by atoms with E-state index in [0.29, 0.717) is 5.56 Å². The van der Waals surface area contributed by atoms with E-state index in [0.717, 1.165) is 31.4 Å². The molecule has 1 heterocycles. The summed E-state index contributed by atoms with van der Waals surface area (Å²) in [6.45, 7) is 6.42. The Labute approximate surface area is 132 Å². The third kappa shape index (κ3) is 4.17. The number of carbonyl (C=O) groups excluding carboxylic acids is 1. The third-order valence-electron chi connectivity index (χ3n) is 4.16. The highest BCUT2D eigenvalue weighted by molar-refractivity contribution is 5.86. The first-order valence-electron chi connectivity index (χ1n) is 7.24. The Morgan fingerprint density at radius 1 is 1.43 bits per heavy atom. The van der Waals surface area contributed by atoms with E-state index in [-0.39, 0.29) is 30.2 Å². The number of rotatable bonds is 3. The van der Waals surface area contributed by atoms with Crippen molar-refractivity contribution in [3.05, 3.63) is 35.1 Å². The van der Waals surface area contributed by atoms with E-state index in [2.05, 4.69) is 10.6 Å². The lowest BCUT2D eigenvalue weighted by Gasteiger charge is -2.34. The van der Waals surface area contributed by atoms with Crippen LogP contribution in [-0.2, 0) is 4.79 Å². The van der Waals surface area contributed by atoms with Crippen LogP contribution in [0.3, 0.4) is 0 Å². The van der Waals surface area contributed by atoms with E-state index in [1.807, 2.05) is 19.9 Å². The van der Waals surface area contributed by atoms with Crippen molar-refractivity contribution in [1.82, 2.24) is 10.6 Å². The lowest BCUT2D eigenvalue weighted by Crippen LogP contribution is -2.57. The van der Waals surface area contributed by atoms with Crippen LogP contribution in [0.25, 0.3) is 0 Å². The molecule has 2 unspecified atom stereocenters. The van der Waals surface area contributed by atoms with Crippen molar-refractivity contribution in [2.24, 2.45) is 0 Å². The maximum Gasteiger partial charge on any atom is 0.240 e. The first kappa shape index (κ1) is 17.9. The zero-order valence-corrected chi connectivity index (χ0v) is 13.6. The van der Waals surface area contributed by atoms with Crippen LogP contribution in [0.15, 0.2) is 18.2 Å². The van der Waals surface area contributed by atoms with Gasteiger partial charge in [0.1, 0.15) is 5.82 Å². The topological polar surface area (TPSA) is 41.1 Å². The Morgan fingerprint density at radius 2 is 2.14 bits per heavy atom. The Hall–Kier alpha value is -1.13. The molecule has 0 aromatic heterocycles. The zero-order chi connectivity index (χ0) is 14.8. The second-order valence-electron chi connectivity index (χ2n) is 5.92. The van der Waals surface area contributed by atoms with Crippen LogP contribution >= 0.6 is 12.4 Å². The summed E-state index contributed by atoms with van der Waals surface area (Å²) in [6, 6.07) is 4.91. The number of aryl methyl sites for hydroxylation is 1. The summed E-state index contributed by atoms with van der Waals surface area (Å²) in [5.74, 6) is -0.240. The minimum absolute atomic E-state index is 0. The highest BCUT2D eigenvalue weighted by atomic mass is 35.5. The van der Waals surface area contributed by atoms with Gasteiger partial charge < -0.3 is 10.6 Å². The summed E-state index contributed by atoms with van der Waals surface area (Å²) < 4.78 is 13.6. The van der Waals surface area contributed by atoms with Crippen molar-refractivity contribution in [3.8, 4) is 0 Å². The molecule has 0 radical (unpaired) electrons. The van der Waals surface area contributed by atoms with E-state index in [1.54, 1.807) is 13.0 Å². The Bertz CT molecular complexity index is 501. The Morgan fingerprint density at radius 3 is 2.71 bits per heavy atom. The number of piperidine rings is 1. The molecule has 1 amide bonds. The number of amides is 1. The van der Waals surface area contributed by atoms with E-state index < -0.39 is 5.54 Å². The molecule has 1 saturated heterocycles. The van der Waals surface area contributed by atoms with Gasteiger partial charge in [-0.2, -0.15) is 0 Å². The molecule has 1 fully saturated rings. The van der Waals surface area contributed by atoms with Crippen LogP contribution in [0.4, 0.5) is 4.39 Å². The molecule has 0 aliphatic carbocycles. The monoisotopic (exact) mass is 314 g/mol. The lowest BCUT2D eigenvalue weighted by molar-refractivity contribution is -0.128. The normalized spacial score (nSPS) is 23.0. The molecule has 5 heteroatoms. The summed E-state index contributed by atoms with van der Waals surface area (Å²) in [6.07, 6.45) is 3.01. The highest BCUT2D eigenvalue weighted by Crippen LogP contribution is 2.21. The van der Waals surface area contributed by atoms with Gasteiger partial charge in [-0.25, -0.2) is 4.39 Å². The van der Waals surface area contributed by atoms with Crippen molar-refractivity contribution in [2.75, 3.05) is 6.54 Å². The maximum atomic E-state index is 13.6. The molecule has 1 aromatic carbocycles. The molecule has 2 atom stereocenters. The zero-order valence-electron chi connectivity index (χ0n) is 12.8. The molecule has 1 aliphatic heterocycles. The van der Waals surface area contributed by atoms with Gasteiger partial charge in [0.25, 0.3) is 0 Å². The van der Waals surface area contributed by atoms with Gasteiger partial charge in [0.15, 0.2) is 0 Å². The molecule has 2 N–H and O–H groups in total. The largest absolute Gasteiger partial charge is 0.348 e. The Balaban J connectivity index is 0.00000220. The molecule has 3 nitrogen and oxygen atoms in total. The molecule has 0 spiro atoms. The first-order valence-corrected chi connectivity index (χ1v) is 7.24. The molecular formula is C16H24ClFN2O. The molecule has 118 valence electrons. The molecule has 0 saturated carbocycles. The maximum absolute atomic E-state index is 13.6. The van der Waals surface area contributed by atoms with Crippen LogP contribution in [-0.4, -0.2) is 18.0 Å². The smallest absolute Gasteiger partial charge is 0.240 e. The molecule has 1 aliphatic rings. The van der Waals surface area contributed by atoms with Crippen LogP contribution in [0.2, 0.25) is 0 Å². The van der Waals surface area contributed by atoms with Crippen LogP contribution < -0.4 is 10.6 Å². The van der Waals surface area contributed by atoms with Gasteiger partial charge in [-0.05, 0) is 63.8 Å².